The molecule has 0 saturated carbocycles. The summed E-state index contributed by atoms with van der Waals surface area (Å²) in [5.74, 6) is -1.50. The van der Waals surface area contributed by atoms with Crippen LogP contribution >= 0.6 is 12.2 Å². The van der Waals surface area contributed by atoms with E-state index in [1.54, 1.807) is 41.3 Å². The third kappa shape index (κ3) is 5.75. The zero-order valence-corrected chi connectivity index (χ0v) is 20.3. The van der Waals surface area contributed by atoms with Crippen LogP contribution in [-0.4, -0.2) is 45.8 Å². The fraction of sp³-hybridized carbons (Fsp3) is 0.185. The van der Waals surface area contributed by atoms with E-state index in [9.17, 15) is 18.8 Å². The third-order valence-electron chi connectivity index (χ3n) is 5.82. The Labute approximate surface area is 213 Å². The van der Waals surface area contributed by atoms with Gasteiger partial charge in [0.2, 0.25) is 5.91 Å². The van der Waals surface area contributed by atoms with Gasteiger partial charge in [0.25, 0.3) is 5.91 Å². The average Bonchev–Trinajstić information content (AvgIpc) is 3.09. The zero-order valence-electron chi connectivity index (χ0n) is 19.5. The number of hydrogen-bond donors (Lipinski definition) is 1. The van der Waals surface area contributed by atoms with Crippen LogP contribution in [0.3, 0.4) is 0 Å². The van der Waals surface area contributed by atoms with Gasteiger partial charge in [-0.25, -0.2) is 9.18 Å². The molecule has 0 spiro atoms. The van der Waals surface area contributed by atoms with Crippen molar-refractivity contribution in [2.75, 3.05) is 12.4 Å². The van der Waals surface area contributed by atoms with Crippen molar-refractivity contribution >= 4 is 40.8 Å². The molecule has 1 N–H and O–H groups in total. The molecular formula is C27H24FN3O4S. The standard InChI is InChI=1S/C27H24FN3O4S/c1-35-26(34)20-9-13-22(14-10-20)29-24(32)15-23-25(33)31(17-18-5-3-2-4-6-18)27(36)30(23)16-19-7-11-21(28)12-8-19/h2-14,23H,15-17H2,1H3,(H,29,32). The van der Waals surface area contributed by atoms with E-state index in [1.807, 2.05) is 30.3 Å². The van der Waals surface area contributed by atoms with Gasteiger partial charge < -0.3 is 15.0 Å². The molecule has 0 radical (unpaired) electrons. The number of nitrogens with one attached hydrogen (secondary N) is 1. The largest absolute Gasteiger partial charge is 0.465 e. The summed E-state index contributed by atoms with van der Waals surface area (Å²) in [7, 11) is 1.29. The molecule has 1 fully saturated rings. The number of nitrogens with zero attached hydrogens (tertiary/aromatic N) is 2. The molecular weight excluding hydrogens is 481 g/mol. The van der Waals surface area contributed by atoms with Crippen molar-refractivity contribution in [1.82, 2.24) is 9.80 Å². The zero-order chi connectivity index (χ0) is 25.7. The number of thiocarbonyl (C=S) groups is 1. The van der Waals surface area contributed by atoms with E-state index in [-0.39, 0.29) is 37.1 Å². The van der Waals surface area contributed by atoms with Gasteiger partial charge in [-0.3, -0.25) is 14.5 Å². The Kier molecular flexibility index (Phi) is 7.70. The normalized spacial score (nSPS) is 15.2. The number of ether oxygens (including phenoxy) is 1. The molecule has 0 aromatic heterocycles. The maximum Gasteiger partial charge on any atom is 0.337 e. The molecule has 1 saturated heterocycles. The fourth-order valence-electron chi connectivity index (χ4n) is 3.96. The van der Waals surface area contributed by atoms with Crippen LogP contribution in [-0.2, 0) is 27.4 Å². The first-order valence-corrected chi connectivity index (χ1v) is 11.6. The maximum atomic E-state index is 13.4. The Morgan fingerprint density at radius 1 is 0.944 bits per heavy atom. The quantitative estimate of drug-likeness (QED) is 0.366. The third-order valence-corrected chi connectivity index (χ3v) is 6.28. The van der Waals surface area contributed by atoms with E-state index in [4.69, 9.17) is 12.2 Å². The van der Waals surface area contributed by atoms with Crippen LogP contribution in [0.2, 0.25) is 0 Å². The van der Waals surface area contributed by atoms with Crippen LogP contribution in [0.15, 0.2) is 78.9 Å². The van der Waals surface area contributed by atoms with Gasteiger partial charge in [-0.1, -0.05) is 42.5 Å². The highest BCUT2D eigenvalue weighted by molar-refractivity contribution is 7.80. The summed E-state index contributed by atoms with van der Waals surface area (Å²) in [6, 6.07) is 20.8. The van der Waals surface area contributed by atoms with Crippen LogP contribution in [0.5, 0.6) is 0 Å². The van der Waals surface area contributed by atoms with E-state index in [2.05, 4.69) is 10.1 Å². The summed E-state index contributed by atoms with van der Waals surface area (Å²) in [4.78, 5) is 41.2. The first-order chi connectivity index (χ1) is 17.4. The minimum Gasteiger partial charge on any atom is -0.465 e. The van der Waals surface area contributed by atoms with E-state index in [1.165, 1.54) is 24.1 Å². The highest BCUT2D eigenvalue weighted by Crippen LogP contribution is 2.26. The first kappa shape index (κ1) is 25.0. The second kappa shape index (κ2) is 11.1. The second-order valence-electron chi connectivity index (χ2n) is 8.28. The number of benzene rings is 3. The summed E-state index contributed by atoms with van der Waals surface area (Å²) in [6.07, 6.45) is -0.135. The van der Waals surface area contributed by atoms with E-state index in [0.717, 1.165) is 11.1 Å². The lowest BCUT2D eigenvalue weighted by Crippen LogP contribution is -2.37. The summed E-state index contributed by atoms with van der Waals surface area (Å²) in [5, 5.41) is 3.08. The van der Waals surface area contributed by atoms with Crippen molar-refractivity contribution in [2.24, 2.45) is 0 Å². The van der Waals surface area contributed by atoms with Gasteiger partial charge in [-0.05, 0) is 59.7 Å². The molecule has 1 atom stereocenters. The van der Waals surface area contributed by atoms with Crippen molar-refractivity contribution < 1.29 is 23.5 Å². The molecule has 0 bridgehead atoms. The maximum absolute atomic E-state index is 13.4. The topological polar surface area (TPSA) is 78.9 Å². The minimum absolute atomic E-state index is 0.135. The summed E-state index contributed by atoms with van der Waals surface area (Å²) < 4.78 is 18.1. The van der Waals surface area contributed by atoms with Crippen molar-refractivity contribution in [3.63, 3.8) is 0 Å². The molecule has 3 aromatic rings. The Morgan fingerprint density at radius 2 is 1.58 bits per heavy atom. The molecule has 1 heterocycles. The van der Waals surface area contributed by atoms with Gasteiger partial charge in [0.05, 0.1) is 25.6 Å². The van der Waals surface area contributed by atoms with E-state index in [0.29, 0.717) is 16.4 Å². The van der Waals surface area contributed by atoms with Gasteiger partial charge in [-0.15, -0.1) is 0 Å². The Bertz CT molecular complexity index is 1270. The second-order valence-corrected chi connectivity index (χ2v) is 8.65. The number of methoxy groups -OCH3 is 1. The lowest BCUT2D eigenvalue weighted by Gasteiger charge is -2.24. The molecule has 1 aliphatic rings. The summed E-state index contributed by atoms with van der Waals surface area (Å²) in [6.45, 7) is 0.535. The van der Waals surface area contributed by atoms with Crippen LogP contribution in [0, 0.1) is 5.82 Å². The number of carbonyl (C=O) groups excluding carboxylic acids is 3. The molecule has 2 amide bonds. The number of hydrogen-bond acceptors (Lipinski definition) is 5. The molecule has 1 unspecified atom stereocenters. The number of amides is 2. The van der Waals surface area contributed by atoms with Crippen LogP contribution < -0.4 is 5.32 Å². The SMILES string of the molecule is COC(=O)c1ccc(NC(=O)CC2C(=O)N(Cc3ccccc3)C(=S)N2Cc2ccc(F)cc2)cc1. The van der Waals surface area contributed by atoms with Crippen LogP contribution in [0.25, 0.3) is 0 Å². The van der Waals surface area contributed by atoms with Crippen molar-refractivity contribution in [3.8, 4) is 0 Å². The van der Waals surface area contributed by atoms with Gasteiger partial charge in [0.1, 0.15) is 11.9 Å². The number of halogens is 1. The van der Waals surface area contributed by atoms with E-state index < -0.39 is 12.0 Å². The van der Waals surface area contributed by atoms with Crippen molar-refractivity contribution in [2.45, 2.75) is 25.6 Å². The van der Waals surface area contributed by atoms with Crippen molar-refractivity contribution in [1.29, 1.82) is 0 Å². The van der Waals surface area contributed by atoms with Crippen LogP contribution in [0.4, 0.5) is 10.1 Å². The predicted octanol–water partition coefficient (Wildman–Crippen LogP) is 4.14. The molecule has 184 valence electrons. The van der Waals surface area contributed by atoms with Crippen LogP contribution in [0.1, 0.15) is 27.9 Å². The number of esters is 1. The van der Waals surface area contributed by atoms with Gasteiger partial charge in [0.15, 0.2) is 5.11 Å². The summed E-state index contributed by atoms with van der Waals surface area (Å²) >= 11 is 5.65. The van der Waals surface area contributed by atoms with Gasteiger partial charge >= 0.3 is 5.97 Å². The average molecular weight is 506 g/mol. The predicted molar refractivity (Wildman–Crippen MR) is 136 cm³/mol. The molecule has 36 heavy (non-hydrogen) atoms. The molecule has 1 aliphatic heterocycles. The Hall–Kier alpha value is -4.11. The fourth-order valence-corrected chi connectivity index (χ4v) is 4.31. The number of anilines is 1. The molecule has 0 aliphatic carbocycles. The van der Waals surface area contributed by atoms with Gasteiger partial charge in [-0.2, -0.15) is 0 Å². The highest BCUT2D eigenvalue weighted by atomic mass is 32.1. The van der Waals surface area contributed by atoms with E-state index >= 15 is 0 Å². The van der Waals surface area contributed by atoms with Crippen molar-refractivity contribution in [3.05, 3.63) is 101 Å². The molecule has 7 nitrogen and oxygen atoms in total. The lowest BCUT2D eigenvalue weighted by molar-refractivity contribution is -0.131. The number of carbonyl (C=O) groups is 3. The first-order valence-electron chi connectivity index (χ1n) is 11.2. The Morgan fingerprint density at radius 3 is 2.22 bits per heavy atom. The monoisotopic (exact) mass is 505 g/mol. The Balaban J connectivity index is 1.52. The minimum atomic E-state index is -0.819. The highest BCUT2D eigenvalue weighted by Gasteiger charge is 2.43. The lowest BCUT2D eigenvalue weighted by atomic mass is 10.1. The molecule has 3 aromatic carbocycles. The summed E-state index contributed by atoms with van der Waals surface area (Å²) in [5.41, 5.74) is 2.50. The number of rotatable bonds is 8. The molecule has 4 rings (SSSR count). The smallest absolute Gasteiger partial charge is 0.337 e. The van der Waals surface area contributed by atoms with Gasteiger partial charge in [0, 0.05) is 12.2 Å². The molecule has 9 heteroatoms.